The first-order chi connectivity index (χ1) is 15.3. The summed E-state index contributed by atoms with van der Waals surface area (Å²) in [5.41, 5.74) is 2.46. The average molecular weight is 435 g/mol. The molecule has 0 bridgehead atoms. The molecule has 32 heavy (non-hydrogen) atoms. The molecule has 5 heteroatoms. The van der Waals surface area contributed by atoms with Crippen molar-refractivity contribution >= 4 is 11.8 Å². The molecule has 2 aromatic carbocycles. The minimum atomic E-state index is -0.577. The van der Waals surface area contributed by atoms with E-state index in [1.54, 1.807) is 0 Å². The Kier molecular flexibility index (Phi) is 6.38. The molecule has 2 heterocycles. The van der Waals surface area contributed by atoms with Gasteiger partial charge in [-0.3, -0.25) is 9.59 Å². The molecule has 1 atom stereocenters. The summed E-state index contributed by atoms with van der Waals surface area (Å²) >= 11 is 0. The minimum absolute atomic E-state index is 0.119. The van der Waals surface area contributed by atoms with Crippen molar-refractivity contribution in [2.45, 2.75) is 33.6 Å². The first-order valence-corrected chi connectivity index (χ1v) is 11.6. The summed E-state index contributed by atoms with van der Waals surface area (Å²) in [6.07, 6.45) is 1.34. The fourth-order valence-electron chi connectivity index (χ4n) is 4.85. The summed E-state index contributed by atoms with van der Waals surface area (Å²) in [6, 6.07) is 18.8. The Morgan fingerprint density at radius 1 is 0.875 bits per heavy atom. The molecule has 2 aromatic rings. The molecule has 2 aliphatic rings. The number of hydrogen-bond donors (Lipinski definition) is 0. The zero-order valence-corrected chi connectivity index (χ0v) is 19.5. The van der Waals surface area contributed by atoms with E-state index in [4.69, 9.17) is 4.74 Å². The summed E-state index contributed by atoms with van der Waals surface area (Å²) in [7, 11) is 0. The molecule has 170 valence electrons. The van der Waals surface area contributed by atoms with Gasteiger partial charge in [0.1, 0.15) is 0 Å². The van der Waals surface area contributed by atoms with Crippen LogP contribution in [0.5, 0.6) is 0 Å². The summed E-state index contributed by atoms with van der Waals surface area (Å²) < 4.78 is 5.46. The lowest BCUT2D eigenvalue weighted by molar-refractivity contribution is -0.147. The molecule has 2 aliphatic heterocycles. The van der Waals surface area contributed by atoms with Gasteiger partial charge in [0.05, 0.1) is 18.6 Å². The third-order valence-electron chi connectivity index (χ3n) is 6.64. The van der Waals surface area contributed by atoms with E-state index in [-0.39, 0.29) is 11.8 Å². The van der Waals surface area contributed by atoms with Gasteiger partial charge >= 0.3 is 0 Å². The summed E-state index contributed by atoms with van der Waals surface area (Å²) in [4.78, 5) is 30.6. The molecule has 0 N–H and O–H groups in total. The Hall–Kier alpha value is -2.66. The molecule has 0 aliphatic carbocycles. The fourth-order valence-corrected chi connectivity index (χ4v) is 4.85. The zero-order chi connectivity index (χ0) is 22.8. The highest BCUT2D eigenvalue weighted by Gasteiger charge is 2.49. The highest BCUT2D eigenvalue weighted by molar-refractivity contribution is 5.87. The number of benzene rings is 2. The number of amides is 2. The molecule has 2 saturated heterocycles. The first-order valence-electron chi connectivity index (χ1n) is 11.6. The van der Waals surface area contributed by atoms with E-state index in [9.17, 15) is 9.59 Å². The Labute approximate surface area is 191 Å². The predicted molar refractivity (Wildman–Crippen MR) is 126 cm³/mol. The van der Waals surface area contributed by atoms with Crippen LogP contribution in [-0.2, 0) is 20.7 Å². The highest BCUT2D eigenvalue weighted by atomic mass is 16.5. The van der Waals surface area contributed by atoms with Crippen LogP contribution < -0.4 is 0 Å². The van der Waals surface area contributed by atoms with E-state index in [0.717, 1.165) is 5.56 Å². The van der Waals surface area contributed by atoms with Gasteiger partial charge in [-0.05, 0) is 29.5 Å². The molecule has 0 radical (unpaired) electrons. The van der Waals surface area contributed by atoms with Gasteiger partial charge in [0.15, 0.2) is 0 Å². The monoisotopic (exact) mass is 434 g/mol. The Morgan fingerprint density at radius 3 is 2.12 bits per heavy atom. The van der Waals surface area contributed by atoms with E-state index in [0.29, 0.717) is 52.2 Å². The topological polar surface area (TPSA) is 49.9 Å². The molecule has 0 spiro atoms. The van der Waals surface area contributed by atoms with Crippen LogP contribution in [0.1, 0.15) is 32.8 Å². The molecule has 0 unspecified atom stereocenters. The van der Waals surface area contributed by atoms with E-state index in [2.05, 4.69) is 36.4 Å². The van der Waals surface area contributed by atoms with Crippen molar-refractivity contribution in [3.8, 4) is 11.1 Å². The van der Waals surface area contributed by atoms with Crippen molar-refractivity contribution in [1.29, 1.82) is 0 Å². The Balaban J connectivity index is 1.58. The van der Waals surface area contributed by atoms with Gasteiger partial charge in [-0.25, -0.2) is 0 Å². The Morgan fingerprint density at radius 2 is 1.50 bits per heavy atom. The van der Waals surface area contributed by atoms with Crippen LogP contribution in [0.25, 0.3) is 11.1 Å². The summed E-state index contributed by atoms with van der Waals surface area (Å²) in [5.74, 6) is 0.283. The van der Waals surface area contributed by atoms with E-state index in [1.807, 2.05) is 48.8 Å². The third-order valence-corrected chi connectivity index (χ3v) is 6.64. The number of morpholine rings is 1. The van der Waals surface area contributed by atoms with Crippen LogP contribution in [0.2, 0.25) is 0 Å². The normalized spacial score (nSPS) is 21.6. The van der Waals surface area contributed by atoms with Gasteiger partial charge < -0.3 is 14.5 Å². The molecule has 0 aromatic heterocycles. The summed E-state index contributed by atoms with van der Waals surface area (Å²) in [6.45, 7) is 9.37. The number of nitrogens with zero attached hydrogens (tertiary/aromatic N) is 2. The van der Waals surface area contributed by atoms with Gasteiger partial charge in [0.25, 0.3) is 0 Å². The van der Waals surface area contributed by atoms with Gasteiger partial charge in [-0.2, -0.15) is 0 Å². The van der Waals surface area contributed by atoms with Crippen LogP contribution in [0.4, 0.5) is 0 Å². The number of likely N-dealkylation sites (tertiary alicyclic amines) is 1. The number of rotatable bonds is 4. The van der Waals surface area contributed by atoms with Crippen LogP contribution in [0.3, 0.4) is 0 Å². The van der Waals surface area contributed by atoms with Crippen molar-refractivity contribution < 1.29 is 14.3 Å². The zero-order valence-electron chi connectivity index (χ0n) is 19.5. The number of hydrogen-bond acceptors (Lipinski definition) is 3. The summed E-state index contributed by atoms with van der Waals surface area (Å²) in [5, 5.41) is 0. The van der Waals surface area contributed by atoms with Gasteiger partial charge in [-0.15, -0.1) is 0 Å². The second-order valence-corrected chi connectivity index (χ2v) is 10.2. The van der Waals surface area contributed by atoms with Crippen LogP contribution in [0, 0.1) is 10.8 Å². The van der Waals surface area contributed by atoms with E-state index in [1.165, 1.54) is 11.1 Å². The maximum Gasteiger partial charge on any atom is 0.231 e. The lowest BCUT2D eigenvalue weighted by atomic mass is 9.79. The first kappa shape index (κ1) is 22.5. The molecule has 2 fully saturated rings. The van der Waals surface area contributed by atoms with Gasteiger partial charge in [0.2, 0.25) is 11.8 Å². The second-order valence-electron chi connectivity index (χ2n) is 10.2. The fraction of sp³-hybridized carbons (Fsp3) is 0.481. The van der Waals surface area contributed by atoms with E-state index < -0.39 is 10.8 Å². The van der Waals surface area contributed by atoms with Crippen LogP contribution in [0.15, 0.2) is 54.6 Å². The standard InChI is InChI=1S/C27H34N2O3/c1-26(2,3)24(30)29-14-13-27(20-29,25(31)28-15-17-32-18-16-28)19-21-9-11-23(12-10-21)22-7-5-4-6-8-22/h4-12H,13-20H2,1-3H3/t27-/m0/s1. The van der Waals surface area contributed by atoms with Crippen molar-refractivity contribution in [2.75, 3.05) is 39.4 Å². The second kappa shape index (κ2) is 9.07. The molecule has 4 rings (SSSR count). The maximum atomic E-state index is 13.8. The quantitative estimate of drug-likeness (QED) is 0.730. The number of carbonyl (C=O) groups is 2. The third kappa shape index (κ3) is 4.73. The van der Waals surface area contributed by atoms with Crippen LogP contribution >= 0.6 is 0 Å². The SMILES string of the molecule is CC(C)(C)C(=O)N1CC[C@@](Cc2ccc(-c3ccccc3)cc2)(C(=O)N2CCOCC2)C1. The molecule has 0 saturated carbocycles. The molecule has 2 amide bonds. The van der Waals surface area contributed by atoms with Crippen LogP contribution in [-0.4, -0.2) is 61.0 Å². The van der Waals surface area contributed by atoms with Crippen molar-refractivity contribution in [2.24, 2.45) is 10.8 Å². The smallest absolute Gasteiger partial charge is 0.231 e. The Bertz CT molecular complexity index is 943. The highest BCUT2D eigenvalue weighted by Crippen LogP contribution is 2.38. The molecular formula is C27H34N2O3. The molecular weight excluding hydrogens is 400 g/mol. The van der Waals surface area contributed by atoms with Gasteiger partial charge in [-0.1, -0.05) is 75.4 Å². The maximum absolute atomic E-state index is 13.8. The molecule has 5 nitrogen and oxygen atoms in total. The average Bonchev–Trinajstić information content (AvgIpc) is 3.24. The van der Waals surface area contributed by atoms with Crippen molar-refractivity contribution in [3.05, 3.63) is 60.2 Å². The van der Waals surface area contributed by atoms with Crippen molar-refractivity contribution in [1.82, 2.24) is 9.80 Å². The number of carbonyl (C=O) groups excluding carboxylic acids is 2. The lowest BCUT2D eigenvalue weighted by Crippen LogP contribution is -2.51. The predicted octanol–water partition coefficient (Wildman–Crippen LogP) is 4.02. The minimum Gasteiger partial charge on any atom is -0.378 e. The van der Waals surface area contributed by atoms with Crippen molar-refractivity contribution in [3.63, 3.8) is 0 Å². The largest absolute Gasteiger partial charge is 0.378 e. The van der Waals surface area contributed by atoms with E-state index >= 15 is 0 Å². The number of ether oxygens (including phenoxy) is 1. The van der Waals surface area contributed by atoms with Gasteiger partial charge in [0, 0.05) is 31.6 Å². The lowest BCUT2D eigenvalue weighted by Gasteiger charge is -2.37.